The number of hydrogen-bond donors (Lipinski definition) is 2. The van der Waals surface area contributed by atoms with Crippen LogP contribution in [0.1, 0.15) is 41.4 Å². The average molecular weight is 315 g/mol. The molecule has 0 radical (unpaired) electrons. The summed E-state index contributed by atoms with van der Waals surface area (Å²) in [7, 11) is 0. The van der Waals surface area contributed by atoms with Gasteiger partial charge < -0.3 is 14.8 Å². The van der Waals surface area contributed by atoms with Gasteiger partial charge in [0.25, 0.3) is 5.91 Å². The summed E-state index contributed by atoms with van der Waals surface area (Å²) in [4.78, 5) is 23.3. The van der Waals surface area contributed by atoms with Gasteiger partial charge in [-0.25, -0.2) is 0 Å². The number of benzene rings is 1. The van der Waals surface area contributed by atoms with E-state index in [1.54, 1.807) is 6.07 Å². The summed E-state index contributed by atoms with van der Waals surface area (Å²) < 4.78 is 5.28. The Morgan fingerprint density at radius 2 is 1.96 bits per heavy atom. The van der Waals surface area contributed by atoms with Crippen LogP contribution in [0.4, 0.5) is 0 Å². The molecule has 0 aliphatic heterocycles. The molecule has 0 saturated heterocycles. The predicted octanol–water partition coefficient (Wildman–Crippen LogP) is 3.05. The van der Waals surface area contributed by atoms with Gasteiger partial charge >= 0.3 is 5.97 Å². The highest BCUT2D eigenvalue weighted by Gasteiger charge is 2.19. The van der Waals surface area contributed by atoms with Gasteiger partial charge in [0.2, 0.25) is 0 Å². The van der Waals surface area contributed by atoms with E-state index in [4.69, 9.17) is 9.52 Å². The minimum Gasteiger partial charge on any atom is -0.481 e. The van der Waals surface area contributed by atoms with Crippen molar-refractivity contribution in [3.63, 3.8) is 0 Å². The SMILES string of the molecule is CCc1occc1C(=O)NC(CCC(=O)O)Cc1ccccc1. The Morgan fingerprint density at radius 3 is 2.61 bits per heavy atom. The van der Waals surface area contributed by atoms with Crippen molar-refractivity contribution in [3.05, 3.63) is 59.5 Å². The van der Waals surface area contributed by atoms with Gasteiger partial charge in [-0.15, -0.1) is 0 Å². The normalized spacial score (nSPS) is 11.9. The topological polar surface area (TPSA) is 79.5 Å². The number of carboxylic acids is 1. The maximum atomic E-state index is 12.4. The number of carboxylic acid groups (broad SMARTS) is 1. The summed E-state index contributed by atoms with van der Waals surface area (Å²) in [5.74, 6) is -0.448. The quantitative estimate of drug-likeness (QED) is 0.784. The molecule has 0 saturated carbocycles. The van der Waals surface area contributed by atoms with E-state index in [0.717, 1.165) is 5.56 Å². The molecule has 23 heavy (non-hydrogen) atoms. The van der Waals surface area contributed by atoms with Crippen LogP contribution in [0.15, 0.2) is 47.1 Å². The Hall–Kier alpha value is -2.56. The van der Waals surface area contributed by atoms with E-state index in [1.165, 1.54) is 6.26 Å². The molecular weight excluding hydrogens is 294 g/mol. The monoisotopic (exact) mass is 315 g/mol. The van der Waals surface area contributed by atoms with Gasteiger partial charge in [-0.2, -0.15) is 0 Å². The third-order valence-electron chi connectivity index (χ3n) is 3.68. The lowest BCUT2D eigenvalue weighted by atomic mass is 10.0. The Morgan fingerprint density at radius 1 is 1.22 bits per heavy atom. The molecule has 0 aliphatic carbocycles. The van der Waals surface area contributed by atoms with Crippen LogP contribution in [0.3, 0.4) is 0 Å². The fraction of sp³-hybridized carbons (Fsp3) is 0.333. The fourth-order valence-electron chi connectivity index (χ4n) is 2.50. The summed E-state index contributed by atoms with van der Waals surface area (Å²) in [6.07, 6.45) is 3.13. The molecule has 1 atom stereocenters. The van der Waals surface area contributed by atoms with Crippen LogP contribution in [0.2, 0.25) is 0 Å². The minimum atomic E-state index is -0.866. The molecule has 1 aromatic carbocycles. The average Bonchev–Trinajstić information content (AvgIpc) is 3.02. The number of hydrogen-bond acceptors (Lipinski definition) is 3. The summed E-state index contributed by atoms with van der Waals surface area (Å²) in [5.41, 5.74) is 1.58. The number of carbonyl (C=O) groups excluding carboxylic acids is 1. The third-order valence-corrected chi connectivity index (χ3v) is 3.68. The van der Waals surface area contributed by atoms with Crippen LogP contribution in [0.25, 0.3) is 0 Å². The molecule has 0 bridgehead atoms. The van der Waals surface area contributed by atoms with E-state index in [-0.39, 0.29) is 18.4 Å². The van der Waals surface area contributed by atoms with Crippen LogP contribution in [-0.4, -0.2) is 23.0 Å². The number of carbonyl (C=O) groups is 2. The highest BCUT2D eigenvalue weighted by Crippen LogP contribution is 2.13. The van der Waals surface area contributed by atoms with Crippen LogP contribution in [0.5, 0.6) is 0 Å². The molecular formula is C18H21NO4. The molecule has 1 amide bonds. The number of furan rings is 1. The summed E-state index contributed by atoms with van der Waals surface area (Å²) in [6.45, 7) is 1.92. The molecule has 2 N–H and O–H groups in total. The van der Waals surface area contributed by atoms with Crippen LogP contribution in [-0.2, 0) is 17.6 Å². The third kappa shape index (κ3) is 4.98. The molecule has 1 unspecified atom stereocenters. The molecule has 1 heterocycles. The Labute approximate surface area is 135 Å². The molecule has 5 nitrogen and oxygen atoms in total. The standard InChI is InChI=1S/C18H21NO4/c1-2-16-15(10-11-23-16)18(22)19-14(8-9-17(20)21)12-13-6-4-3-5-7-13/h3-7,10-11,14H,2,8-9,12H2,1H3,(H,19,22)(H,20,21). The zero-order valence-electron chi connectivity index (χ0n) is 13.1. The van der Waals surface area contributed by atoms with Gasteiger partial charge in [0.1, 0.15) is 5.76 Å². The number of nitrogens with one attached hydrogen (secondary N) is 1. The van der Waals surface area contributed by atoms with E-state index in [2.05, 4.69) is 5.32 Å². The first kappa shape index (κ1) is 16.8. The second-order valence-electron chi connectivity index (χ2n) is 5.40. The van der Waals surface area contributed by atoms with Gasteiger partial charge in [0.05, 0.1) is 11.8 Å². The van der Waals surface area contributed by atoms with E-state index < -0.39 is 5.97 Å². The lowest BCUT2D eigenvalue weighted by Crippen LogP contribution is -2.37. The zero-order chi connectivity index (χ0) is 16.7. The lowest BCUT2D eigenvalue weighted by Gasteiger charge is -2.18. The Kier molecular flexibility index (Phi) is 5.97. The summed E-state index contributed by atoms with van der Waals surface area (Å²) in [6, 6.07) is 11.1. The van der Waals surface area contributed by atoms with Crippen LogP contribution < -0.4 is 5.32 Å². The maximum Gasteiger partial charge on any atom is 0.303 e. The molecule has 122 valence electrons. The van der Waals surface area contributed by atoms with Gasteiger partial charge in [-0.05, 0) is 24.5 Å². The first-order valence-corrected chi connectivity index (χ1v) is 7.73. The van der Waals surface area contributed by atoms with E-state index in [0.29, 0.717) is 30.6 Å². The smallest absolute Gasteiger partial charge is 0.303 e. The number of rotatable bonds is 8. The van der Waals surface area contributed by atoms with Crippen molar-refractivity contribution in [2.45, 2.75) is 38.6 Å². The Bertz CT molecular complexity index is 648. The van der Waals surface area contributed by atoms with Crippen molar-refractivity contribution in [2.75, 3.05) is 0 Å². The molecule has 1 aromatic heterocycles. The first-order valence-electron chi connectivity index (χ1n) is 7.73. The predicted molar refractivity (Wildman–Crippen MR) is 86.4 cm³/mol. The second-order valence-corrected chi connectivity index (χ2v) is 5.40. The van der Waals surface area contributed by atoms with Crippen molar-refractivity contribution in [1.29, 1.82) is 0 Å². The molecule has 5 heteroatoms. The van der Waals surface area contributed by atoms with Crippen molar-refractivity contribution >= 4 is 11.9 Å². The van der Waals surface area contributed by atoms with Gasteiger partial charge in [-0.1, -0.05) is 37.3 Å². The van der Waals surface area contributed by atoms with Crippen molar-refractivity contribution in [3.8, 4) is 0 Å². The highest BCUT2D eigenvalue weighted by atomic mass is 16.4. The van der Waals surface area contributed by atoms with Gasteiger partial charge in [-0.3, -0.25) is 9.59 Å². The molecule has 0 fully saturated rings. The van der Waals surface area contributed by atoms with Crippen molar-refractivity contribution in [1.82, 2.24) is 5.32 Å². The molecule has 0 spiro atoms. The van der Waals surface area contributed by atoms with Crippen LogP contribution >= 0.6 is 0 Å². The van der Waals surface area contributed by atoms with Crippen LogP contribution in [0, 0.1) is 0 Å². The van der Waals surface area contributed by atoms with Gasteiger partial charge in [0, 0.05) is 18.9 Å². The molecule has 2 rings (SSSR count). The van der Waals surface area contributed by atoms with Crippen molar-refractivity contribution in [2.24, 2.45) is 0 Å². The maximum absolute atomic E-state index is 12.4. The van der Waals surface area contributed by atoms with Crippen molar-refractivity contribution < 1.29 is 19.1 Å². The van der Waals surface area contributed by atoms with Gasteiger partial charge in [0.15, 0.2) is 0 Å². The lowest BCUT2D eigenvalue weighted by molar-refractivity contribution is -0.137. The summed E-state index contributed by atoms with van der Waals surface area (Å²) in [5, 5.41) is 11.8. The van der Waals surface area contributed by atoms with E-state index >= 15 is 0 Å². The minimum absolute atomic E-state index is 0.0177. The molecule has 0 aliphatic rings. The number of aliphatic carboxylic acids is 1. The number of aryl methyl sites for hydroxylation is 1. The van der Waals surface area contributed by atoms with E-state index in [1.807, 2.05) is 37.3 Å². The fourth-order valence-corrected chi connectivity index (χ4v) is 2.50. The zero-order valence-corrected chi connectivity index (χ0v) is 13.1. The summed E-state index contributed by atoms with van der Waals surface area (Å²) >= 11 is 0. The second kappa shape index (κ2) is 8.17. The largest absolute Gasteiger partial charge is 0.481 e. The van der Waals surface area contributed by atoms with E-state index in [9.17, 15) is 9.59 Å². The Balaban J connectivity index is 2.07. The highest BCUT2D eigenvalue weighted by molar-refractivity contribution is 5.95. The number of amides is 1. The molecule has 2 aromatic rings. The first-order chi connectivity index (χ1) is 11.1.